The van der Waals surface area contributed by atoms with E-state index in [1.54, 1.807) is 0 Å². The molecule has 0 aromatic heterocycles. The molecule has 1 aliphatic heterocycles. The highest BCUT2D eigenvalue weighted by atomic mass is 15.3. The van der Waals surface area contributed by atoms with E-state index in [4.69, 9.17) is 0 Å². The van der Waals surface area contributed by atoms with Gasteiger partial charge in [-0.3, -0.25) is 4.90 Å². The first kappa shape index (κ1) is 12.4. The predicted molar refractivity (Wildman–Crippen MR) is 69.7 cm³/mol. The standard InChI is InChI=1S/C14H28N2/c1-5-6-9-16-11-14(4,12-7-8-12)15-10-13(16,2)3/h12,15H,5-11H2,1-4H3. The lowest BCUT2D eigenvalue weighted by Gasteiger charge is -2.51. The van der Waals surface area contributed by atoms with E-state index < -0.39 is 0 Å². The van der Waals surface area contributed by atoms with Crippen LogP contribution in [0.5, 0.6) is 0 Å². The maximum absolute atomic E-state index is 3.81. The molecular weight excluding hydrogens is 196 g/mol. The molecule has 2 heteroatoms. The van der Waals surface area contributed by atoms with Crippen LogP contribution in [0.1, 0.15) is 53.4 Å². The van der Waals surface area contributed by atoms with Gasteiger partial charge < -0.3 is 5.32 Å². The molecule has 16 heavy (non-hydrogen) atoms. The van der Waals surface area contributed by atoms with Crippen molar-refractivity contribution in [2.24, 2.45) is 5.92 Å². The molecule has 1 aliphatic carbocycles. The van der Waals surface area contributed by atoms with Crippen molar-refractivity contribution < 1.29 is 0 Å². The van der Waals surface area contributed by atoms with E-state index in [0.717, 1.165) is 12.5 Å². The molecule has 0 aromatic carbocycles. The fourth-order valence-electron chi connectivity index (χ4n) is 2.92. The first-order valence-corrected chi connectivity index (χ1v) is 6.98. The molecule has 1 atom stereocenters. The Labute approximate surface area is 101 Å². The normalized spacial score (nSPS) is 35.2. The minimum atomic E-state index is 0.337. The van der Waals surface area contributed by atoms with Crippen LogP contribution in [0.3, 0.4) is 0 Å². The van der Waals surface area contributed by atoms with Crippen LogP contribution in [0.15, 0.2) is 0 Å². The van der Waals surface area contributed by atoms with Crippen molar-refractivity contribution in [1.82, 2.24) is 10.2 Å². The first-order valence-electron chi connectivity index (χ1n) is 6.98. The molecule has 2 rings (SSSR count). The van der Waals surface area contributed by atoms with Gasteiger partial charge in [-0.2, -0.15) is 0 Å². The van der Waals surface area contributed by atoms with Gasteiger partial charge in [-0.1, -0.05) is 13.3 Å². The lowest BCUT2D eigenvalue weighted by Crippen LogP contribution is -2.68. The van der Waals surface area contributed by atoms with Gasteiger partial charge in [0, 0.05) is 24.2 Å². The molecule has 1 unspecified atom stereocenters. The van der Waals surface area contributed by atoms with Crippen molar-refractivity contribution in [2.75, 3.05) is 19.6 Å². The number of piperazine rings is 1. The lowest BCUT2D eigenvalue weighted by molar-refractivity contribution is 0.0234. The maximum Gasteiger partial charge on any atom is 0.0309 e. The second-order valence-corrected chi connectivity index (χ2v) is 6.63. The Morgan fingerprint density at radius 1 is 1.25 bits per heavy atom. The smallest absolute Gasteiger partial charge is 0.0309 e. The third kappa shape index (κ3) is 2.43. The summed E-state index contributed by atoms with van der Waals surface area (Å²) in [5, 5.41) is 3.81. The zero-order chi connectivity index (χ0) is 11.8. The summed E-state index contributed by atoms with van der Waals surface area (Å²) in [4.78, 5) is 2.71. The average Bonchev–Trinajstić information content (AvgIpc) is 3.04. The lowest BCUT2D eigenvalue weighted by atomic mass is 9.86. The van der Waals surface area contributed by atoms with Gasteiger partial charge in [0.15, 0.2) is 0 Å². The molecule has 2 fully saturated rings. The summed E-state index contributed by atoms with van der Waals surface area (Å²) >= 11 is 0. The Kier molecular flexibility index (Phi) is 3.33. The third-order valence-corrected chi connectivity index (χ3v) is 4.56. The van der Waals surface area contributed by atoms with Crippen LogP contribution in [0, 0.1) is 5.92 Å². The molecule has 2 nitrogen and oxygen atoms in total. The van der Waals surface area contributed by atoms with E-state index in [-0.39, 0.29) is 0 Å². The fourth-order valence-corrected chi connectivity index (χ4v) is 2.92. The molecule has 1 saturated heterocycles. The molecule has 0 aromatic rings. The molecule has 94 valence electrons. The van der Waals surface area contributed by atoms with E-state index in [2.05, 4.69) is 37.9 Å². The van der Waals surface area contributed by atoms with Crippen molar-refractivity contribution in [3.8, 4) is 0 Å². The van der Waals surface area contributed by atoms with Crippen molar-refractivity contribution in [3.05, 3.63) is 0 Å². The van der Waals surface area contributed by atoms with Crippen molar-refractivity contribution in [1.29, 1.82) is 0 Å². The summed E-state index contributed by atoms with van der Waals surface area (Å²) in [6.45, 7) is 13.1. The second kappa shape index (κ2) is 4.30. The summed E-state index contributed by atoms with van der Waals surface area (Å²) in [5.41, 5.74) is 0.729. The number of hydrogen-bond acceptors (Lipinski definition) is 2. The van der Waals surface area contributed by atoms with Crippen LogP contribution in [-0.2, 0) is 0 Å². The Bertz CT molecular complexity index is 245. The van der Waals surface area contributed by atoms with E-state index >= 15 is 0 Å². The van der Waals surface area contributed by atoms with E-state index in [1.807, 2.05) is 0 Å². The van der Waals surface area contributed by atoms with Gasteiger partial charge in [0.25, 0.3) is 0 Å². The number of rotatable bonds is 4. The molecule has 1 heterocycles. The minimum absolute atomic E-state index is 0.337. The summed E-state index contributed by atoms with van der Waals surface area (Å²) in [6.07, 6.45) is 5.52. The van der Waals surface area contributed by atoms with Gasteiger partial charge in [0.1, 0.15) is 0 Å². The van der Waals surface area contributed by atoms with E-state index in [1.165, 1.54) is 38.8 Å². The third-order valence-electron chi connectivity index (χ3n) is 4.56. The SMILES string of the molecule is CCCCN1CC(C)(C2CC2)NCC1(C)C. The topological polar surface area (TPSA) is 15.3 Å². The Hall–Kier alpha value is -0.0800. The summed E-state index contributed by atoms with van der Waals surface area (Å²) in [6, 6.07) is 0. The maximum atomic E-state index is 3.81. The number of nitrogens with one attached hydrogen (secondary N) is 1. The van der Waals surface area contributed by atoms with E-state index in [0.29, 0.717) is 11.1 Å². The van der Waals surface area contributed by atoms with Crippen molar-refractivity contribution in [3.63, 3.8) is 0 Å². The zero-order valence-corrected chi connectivity index (χ0v) is 11.5. The first-order chi connectivity index (χ1) is 7.48. The fraction of sp³-hybridized carbons (Fsp3) is 1.00. The molecule has 1 N–H and O–H groups in total. The summed E-state index contributed by atoms with van der Waals surface area (Å²) in [7, 11) is 0. The molecule has 2 aliphatic rings. The van der Waals surface area contributed by atoms with Crippen molar-refractivity contribution in [2.45, 2.75) is 64.5 Å². The molecular formula is C14H28N2. The number of hydrogen-bond donors (Lipinski definition) is 1. The van der Waals surface area contributed by atoms with Crippen LogP contribution in [0.4, 0.5) is 0 Å². The van der Waals surface area contributed by atoms with Crippen molar-refractivity contribution >= 4 is 0 Å². The largest absolute Gasteiger partial charge is 0.308 e. The highest BCUT2D eigenvalue weighted by molar-refractivity contribution is 5.06. The van der Waals surface area contributed by atoms with Crippen LogP contribution >= 0.6 is 0 Å². The highest BCUT2D eigenvalue weighted by Crippen LogP contribution is 2.42. The van der Waals surface area contributed by atoms with Gasteiger partial charge in [-0.25, -0.2) is 0 Å². The Balaban J connectivity index is 2.00. The van der Waals surface area contributed by atoms with Gasteiger partial charge in [0.2, 0.25) is 0 Å². The number of unbranched alkanes of at least 4 members (excludes halogenated alkanes) is 1. The van der Waals surface area contributed by atoms with E-state index in [9.17, 15) is 0 Å². The number of nitrogens with zero attached hydrogens (tertiary/aromatic N) is 1. The van der Waals surface area contributed by atoms with Crippen LogP contribution in [0.2, 0.25) is 0 Å². The van der Waals surface area contributed by atoms with Crippen LogP contribution in [-0.4, -0.2) is 35.6 Å². The molecule has 0 amide bonds. The van der Waals surface area contributed by atoms with Gasteiger partial charge in [-0.05, 0) is 52.5 Å². The zero-order valence-electron chi connectivity index (χ0n) is 11.5. The quantitative estimate of drug-likeness (QED) is 0.790. The summed E-state index contributed by atoms with van der Waals surface area (Å²) in [5.74, 6) is 0.938. The molecule has 1 saturated carbocycles. The van der Waals surface area contributed by atoms with Crippen LogP contribution in [0.25, 0.3) is 0 Å². The van der Waals surface area contributed by atoms with Crippen LogP contribution < -0.4 is 5.32 Å². The minimum Gasteiger partial charge on any atom is -0.308 e. The molecule has 0 bridgehead atoms. The predicted octanol–water partition coefficient (Wildman–Crippen LogP) is 2.64. The molecule has 0 spiro atoms. The Morgan fingerprint density at radius 3 is 2.50 bits per heavy atom. The summed E-state index contributed by atoms with van der Waals surface area (Å²) < 4.78 is 0. The van der Waals surface area contributed by atoms with Gasteiger partial charge >= 0.3 is 0 Å². The Morgan fingerprint density at radius 2 is 1.94 bits per heavy atom. The highest BCUT2D eigenvalue weighted by Gasteiger charge is 2.47. The van der Waals surface area contributed by atoms with Gasteiger partial charge in [0.05, 0.1) is 0 Å². The second-order valence-electron chi connectivity index (χ2n) is 6.63. The monoisotopic (exact) mass is 224 g/mol. The molecule has 0 radical (unpaired) electrons. The van der Waals surface area contributed by atoms with Gasteiger partial charge in [-0.15, -0.1) is 0 Å². The average molecular weight is 224 g/mol.